The minimum Gasteiger partial charge on any atom is -0.444 e. The van der Waals surface area contributed by atoms with Crippen LogP contribution < -0.4 is 0 Å². The van der Waals surface area contributed by atoms with Gasteiger partial charge in [0, 0.05) is 0 Å². The summed E-state index contributed by atoms with van der Waals surface area (Å²) in [5.74, 6) is 0. The van der Waals surface area contributed by atoms with E-state index >= 15 is 0 Å². The summed E-state index contributed by atoms with van der Waals surface area (Å²) in [5.41, 5.74) is -1.92. The third kappa shape index (κ3) is 9.38. The SMILES string of the molecule is CC(C)(C)OC(=O)N1CC(C=O)OCC1(C)C.CC(C)(C)OC(=O)N1CC(CO)OCC1(C)C. The van der Waals surface area contributed by atoms with E-state index in [0.717, 1.165) is 0 Å². The van der Waals surface area contributed by atoms with Crippen LogP contribution in [0.5, 0.6) is 0 Å². The minimum atomic E-state index is -0.560. The zero-order valence-electron chi connectivity index (χ0n) is 22.5. The Morgan fingerprint density at radius 1 is 0.882 bits per heavy atom. The summed E-state index contributed by atoms with van der Waals surface area (Å²) in [6.07, 6.45) is -0.930. The maximum absolute atomic E-state index is 12.1. The van der Waals surface area contributed by atoms with Gasteiger partial charge in [-0.3, -0.25) is 9.80 Å². The molecule has 2 aliphatic rings. The smallest absolute Gasteiger partial charge is 0.410 e. The number of carbonyl (C=O) groups excluding carboxylic acids is 3. The average molecular weight is 489 g/mol. The lowest BCUT2D eigenvalue weighted by Gasteiger charge is -2.44. The van der Waals surface area contributed by atoms with Crippen molar-refractivity contribution in [2.75, 3.05) is 32.9 Å². The summed E-state index contributed by atoms with van der Waals surface area (Å²) in [5, 5.41) is 9.09. The fraction of sp³-hybridized carbons (Fsp3) is 0.875. The normalized spacial score (nSPS) is 24.4. The summed E-state index contributed by atoms with van der Waals surface area (Å²) in [6.45, 7) is 19.8. The Bertz CT molecular complexity index is 709. The maximum Gasteiger partial charge on any atom is 0.410 e. The Morgan fingerprint density at radius 2 is 1.29 bits per heavy atom. The summed E-state index contributed by atoms with van der Waals surface area (Å²) < 4.78 is 21.5. The molecular weight excluding hydrogens is 444 g/mol. The van der Waals surface area contributed by atoms with Crippen LogP contribution in [0.1, 0.15) is 69.2 Å². The molecule has 2 atom stereocenters. The van der Waals surface area contributed by atoms with Crippen molar-refractivity contribution in [3.05, 3.63) is 0 Å². The maximum atomic E-state index is 12.1. The van der Waals surface area contributed by atoms with E-state index in [4.69, 9.17) is 24.1 Å². The number of rotatable bonds is 2. The molecule has 2 rings (SSSR count). The first kappa shape index (κ1) is 30.1. The standard InChI is InChI=1S/C12H23NO4.C12H21NO4/c2*1-11(2,3)17-10(15)13-6-9(7-14)16-8-12(13,4)5/h9,14H,6-8H2,1-5H3;7,9H,6,8H2,1-5H3. The molecule has 2 saturated heterocycles. The second-order valence-corrected chi connectivity index (χ2v) is 11.9. The quantitative estimate of drug-likeness (QED) is 0.590. The molecule has 0 bridgehead atoms. The number of ether oxygens (including phenoxy) is 4. The van der Waals surface area contributed by atoms with Crippen LogP contribution in [0.4, 0.5) is 9.59 Å². The Labute approximate surface area is 203 Å². The van der Waals surface area contributed by atoms with Crippen molar-refractivity contribution >= 4 is 18.5 Å². The molecule has 10 heteroatoms. The topological polar surface area (TPSA) is 115 Å². The molecule has 0 radical (unpaired) electrons. The number of aliphatic hydroxyl groups excluding tert-OH is 1. The van der Waals surface area contributed by atoms with Crippen molar-refractivity contribution in [1.82, 2.24) is 9.80 Å². The molecule has 198 valence electrons. The fourth-order valence-corrected chi connectivity index (χ4v) is 3.24. The monoisotopic (exact) mass is 488 g/mol. The predicted molar refractivity (Wildman–Crippen MR) is 127 cm³/mol. The lowest BCUT2D eigenvalue weighted by Crippen LogP contribution is -2.59. The average Bonchev–Trinajstić information content (AvgIpc) is 2.65. The zero-order valence-corrected chi connectivity index (χ0v) is 22.5. The Hall–Kier alpha value is -1.91. The Morgan fingerprint density at radius 3 is 1.68 bits per heavy atom. The van der Waals surface area contributed by atoms with Crippen molar-refractivity contribution in [3.63, 3.8) is 0 Å². The number of nitrogens with zero attached hydrogens (tertiary/aromatic N) is 2. The van der Waals surface area contributed by atoms with Crippen LogP contribution in [0.15, 0.2) is 0 Å². The highest BCUT2D eigenvalue weighted by atomic mass is 16.6. The van der Waals surface area contributed by atoms with Gasteiger partial charge in [-0.15, -0.1) is 0 Å². The van der Waals surface area contributed by atoms with Crippen molar-refractivity contribution in [2.45, 2.75) is 104 Å². The van der Waals surface area contributed by atoms with Crippen LogP contribution in [0.3, 0.4) is 0 Å². The van der Waals surface area contributed by atoms with E-state index in [1.165, 1.54) is 0 Å². The van der Waals surface area contributed by atoms with E-state index in [9.17, 15) is 14.4 Å². The van der Waals surface area contributed by atoms with Gasteiger partial charge >= 0.3 is 12.2 Å². The molecule has 34 heavy (non-hydrogen) atoms. The van der Waals surface area contributed by atoms with Crippen LogP contribution in [-0.2, 0) is 23.7 Å². The molecule has 0 aromatic rings. The largest absolute Gasteiger partial charge is 0.444 e. The van der Waals surface area contributed by atoms with Gasteiger partial charge < -0.3 is 28.8 Å². The highest BCUT2D eigenvalue weighted by molar-refractivity contribution is 5.71. The van der Waals surface area contributed by atoms with E-state index in [0.29, 0.717) is 26.0 Å². The van der Waals surface area contributed by atoms with Gasteiger partial charge in [0.1, 0.15) is 17.3 Å². The van der Waals surface area contributed by atoms with Crippen molar-refractivity contribution < 1.29 is 38.4 Å². The van der Waals surface area contributed by atoms with Gasteiger partial charge in [0.15, 0.2) is 6.29 Å². The highest BCUT2D eigenvalue weighted by Crippen LogP contribution is 2.25. The summed E-state index contributed by atoms with van der Waals surface area (Å²) in [4.78, 5) is 38.0. The number of amides is 2. The number of morpholine rings is 2. The fourth-order valence-electron chi connectivity index (χ4n) is 3.24. The molecule has 0 aliphatic carbocycles. The first-order chi connectivity index (χ1) is 15.3. The Balaban J connectivity index is 0.000000340. The van der Waals surface area contributed by atoms with Crippen LogP contribution in [0.2, 0.25) is 0 Å². The molecule has 10 nitrogen and oxygen atoms in total. The zero-order chi connectivity index (χ0) is 26.5. The Kier molecular flexibility index (Phi) is 9.94. The first-order valence-corrected chi connectivity index (χ1v) is 11.6. The van der Waals surface area contributed by atoms with Gasteiger partial charge in [0.05, 0.1) is 50.1 Å². The molecule has 2 unspecified atom stereocenters. The van der Waals surface area contributed by atoms with Gasteiger partial charge in [-0.05, 0) is 69.2 Å². The van der Waals surface area contributed by atoms with E-state index in [1.54, 1.807) is 9.80 Å². The lowest BCUT2D eigenvalue weighted by atomic mass is 10.0. The van der Waals surface area contributed by atoms with Crippen LogP contribution in [-0.4, -0.2) is 101 Å². The second kappa shape index (κ2) is 11.2. The summed E-state index contributed by atoms with van der Waals surface area (Å²) >= 11 is 0. The van der Waals surface area contributed by atoms with E-state index in [1.807, 2.05) is 69.2 Å². The highest BCUT2D eigenvalue weighted by Gasteiger charge is 2.41. The predicted octanol–water partition coefficient (Wildman–Crippen LogP) is 2.99. The first-order valence-electron chi connectivity index (χ1n) is 11.6. The van der Waals surface area contributed by atoms with Crippen LogP contribution in [0, 0.1) is 0 Å². The van der Waals surface area contributed by atoms with Gasteiger partial charge in [-0.2, -0.15) is 0 Å². The minimum absolute atomic E-state index is 0.0879. The van der Waals surface area contributed by atoms with E-state index in [-0.39, 0.29) is 25.3 Å². The lowest BCUT2D eigenvalue weighted by molar-refractivity contribution is -0.133. The third-order valence-corrected chi connectivity index (χ3v) is 5.12. The third-order valence-electron chi connectivity index (χ3n) is 5.12. The molecule has 2 aliphatic heterocycles. The number of hydrogen-bond donors (Lipinski definition) is 1. The molecule has 0 aromatic carbocycles. The molecule has 0 spiro atoms. The molecule has 2 heterocycles. The molecule has 2 amide bonds. The van der Waals surface area contributed by atoms with Gasteiger partial charge in [0.25, 0.3) is 0 Å². The van der Waals surface area contributed by atoms with Crippen molar-refractivity contribution in [2.24, 2.45) is 0 Å². The van der Waals surface area contributed by atoms with E-state index < -0.39 is 34.5 Å². The molecular formula is C24H44N2O8. The van der Waals surface area contributed by atoms with Crippen molar-refractivity contribution in [3.8, 4) is 0 Å². The molecule has 0 saturated carbocycles. The van der Waals surface area contributed by atoms with Crippen LogP contribution >= 0.6 is 0 Å². The second-order valence-electron chi connectivity index (χ2n) is 11.9. The van der Waals surface area contributed by atoms with Crippen LogP contribution in [0.25, 0.3) is 0 Å². The number of aliphatic hydroxyl groups is 1. The van der Waals surface area contributed by atoms with E-state index in [2.05, 4.69) is 0 Å². The number of aldehydes is 1. The van der Waals surface area contributed by atoms with Gasteiger partial charge in [-0.25, -0.2) is 9.59 Å². The van der Waals surface area contributed by atoms with Gasteiger partial charge in [-0.1, -0.05) is 0 Å². The molecule has 2 fully saturated rings. The number of hydrogen-bond acceptors (Lipinski definition) is 8. The summed E-state index contributed by atoms with van der Waals surface area (Å²) in [6, 6.07) is 0. The molecule has 1 N–H and O–H groups in total. The summed E-state index contributed by atoms with van der Waals surface area (Å²) in [7, 11) is 0. The van der Waals surface area contributed by atoms with Crippen molar-refractivity contribution in [1.29, 1.82) is 0 Å². The molecule has 0 aromatic heterocycles. The number of carbonyl (C=O) groups is 3. The van der Waals surface area contributed by atoms with Gasteiger partial charge in [0.2, 0.25) is 0 Å².